The molecule has 2 rings (SSSR count). The van der Waals surface area contributed by atoms with Gasteiger partial charge in [0.05, 0.1) is 7.11 Å². The molecule has 1 aliphatic heterocycles. The highest BCUT2D eigenvalue weighted by molar-refractivity contribution is 5.51. The first-order valence-electron chi connectivity index (χ1n) is 6.97. The van der Waals surface area contributed by atoms with Gasteiger partial charge < -0.3 is 15.4 Å². The normalized spacial score (nSPS) is 19.6. The van der Waals surface area contributed by atoms with Crippen molar-refractivity contribution < 1.29 is 4.74 Å². The van der Waals surface area contributed by atoms with Crippen molar-refractivity contribution in [3.05, 3.63) is 23.8 Å². The van der Waals surface area contributed by atoms with Crippen molar-refractivity contribution in [3.63, 3.8) is 0 Å². The summed E-state index contributed by atoms with van der Waals surface area (Å²) in [6.45, 7) is 4.33. The van der Waals surface area contributed by atoms with Gasteiger partial charge in [-0.3, -0.25) is 0 Å². The van der Waals surface area contributed by atoms with Gasteiger partial charge in [0.25, 0.3) is 0 Å². The lowest BCUT2D eigenvalue weighted by Gasteiger charge is -2.24. The van der Waals surface area contributed by atoms with Gasteiger partial charge in [0, 0.05) is 18.3 Å². The number of aryl methyl sites for hydroxylation is 1. The van der Waals surface area contributed by atoms with E-state index in [2.05, 4.69) is 35.8 Å². The summed E-state index contributed by atoms with van der Waals surface area (Å²) in [6, 6.07) is 6.96. The summed E-state index contributed by atoms with van der Waals surface area (Å²) in [6.07, 6.45) is 4.95. The predicted octanol–water partition coefficient (Wildman–Crippen LogP) is 2.81. The van der Waals surface area contributed by atoms with Gasteiger partial charge in [-0.05, 0) is 49.6 Å². The molecule has 18 heavy (non-hydrogen) atoms. The van der Waals surface area contributed by atoms with E-state index in [1.807, 2.05) is 0 Å². The zero-order chi connectivity index (χ0) is 12.8. The summed E-state index contributed by atoms with van der Waals surface area (Å²) in [5, 5.41) is 7.08. The van der Waals surface area contributed by atoms with Gasteiger partial charge in [-0.2, -0.15) is 0 Å². The number of piperidine rings is 1. The fourth-order valence-corrected chi connectivity index (χ4v) is 2.50. The van der Waals surface area contributed by atoms with Crippen LogP contribution in [0, 0.1) is 0 Å². The third kappa shape index (κ3) is 3.39. The summed E-state index contributed by atoms with van der Waals surface area (Å²) in [5.41, 5.74) is 2.46. The molecule has 1 heterocycles. The van der Waals surface area contributed by atoms with Crippen molar-refractivity contribution in [1.82, 2.24) is 5.32 Å². The summed E-state index contributed by atoms with van der Waals surface area (Å²) in [4.78, 5) is 0. The first-order valence-corrected chi connectivity index (χ1v) is 6.97. The highest BCUT2D eigenvalue weighted by atomic mass is 16.5. The molecule has 1 aromatic carbocycles. The second-order valence-electron chi connectivity index (χ2n) is 4.91. The first-order chi connectivity index (χ1) is 8.83. The van der Waals surface area contributed by atoms with Gasteiger partial charge in [0.2, 0.25) is 0 Å². The molecule has 0 aromatic heterocycles. The third-order valence-corrected chi connectivity index (χ3v) is 3.63. The van der Waals surface area contributed by atoms with Crippen LogP contribution in [-0.2, 0) is 6.42 Å². The average Bonchev–Trinajstić information content (AvgIpc) is 2.45. The second kappa shape index (κ2) is 6.64. The van der Waals surface area contributed by atoms with Crippen molar-refractivity contribution in [2.75, 3.05) is 25.5 Å². The van der Waals surface area contributed by atoms with Crippen LogP contribution in [0.15, 0.2) is 18.2 Å². The van der Waals surface area contributed by atoms with E-state index in [4.69, 9.17) is 4.74 Å². The number of benzene rings is 1. The van der Waals surface area contributed by atoms with E-state index in [9.17, 15) is 0 Å². The van der Waals surface area contributed by atoms with Crippen LogP contribution in [0.5, 0.6) is 5.75 Å². The molecule has 0 aliphatic carbocycles. The number of methoxy groups -OCH3 is 1. The van der Waals surface area contributed by atoms with E-state index in [1.54, 1.807) is 7.11 Å². The van der Waals surface area contributed by atoms with Gasteiger partial charge in [0.1, 0.15) is 5.75 Å². The van der Waals surface area contributed by atoms with Crippen LogP contribution in [0.1, 0.15) is 31.7 Å². The van der Waals surface area contributed by atoms with Gasteiger partial charge in [0.15, 0.2) is 0 Å². The minimum absolute atomic E-state index is 0.617. The van der Waals surface area contributed by atoms with Crippen LogP contribution in [-0.4, -0.2) is 26.2 Å². The smallest absolute Gasteiger partial charge is 0.122 e. The van der Waals surface area contributed by atoms with Crippen molar-refractivity contribution in [3.8, 4) is 5.75 Å². The number of ether oxygens (including phenoxy) is 1. The molecule has 2 N–H and O–H groups in total. The molecule has 1 aliphatic rings. The molecule has 100 valence electrons. The molecule has 0 amide bonds. The summed E-state index contributed by atoms with van der Waals surface area (Å²) in [5.74, 6) is 0.985. The van der Waals surface area contributed by atoms with E-state index in [-0.39, 0.29) is 0 Å². The Bertz CT molecular complexity index is 373. The van der Waals surface area contributed by atoms with Gasteiger partial charge in [-0.25, -0.2) is 0 Å². The second-order valence-corrected chi connectivity index (χ2v) is 4.91. The summed E-state index contributed by atoms with van der Waals surface area (Å²) < 4.78 is 5.35. The highest BCUT2D eigenvalue weighted by Crippen LogP contribution is 2.23. The molecular weight excluding hydrogens is 224 g/mol. The Morgan fingerprint density at radius 2 is 2.28 bits per heavy atom. The van der Waals surface area contributed by atoms with E-state index in [0.717, 1.165) is 25.3 Å². The van der Waals surface area contributed by atoms with E-state index in [0.29, 0.717) is 6.04 Å². The van der Waals surface area contributed by atoms with E-state index < -0.39 is 0 Å². The molecule has 1 aromatic rings. The quantitative estimate of drug-likeness (QED) is 0.840. The van der Waals surface area contributed by atoms with Crippen molar-refractivity contribution in [2.24, 2.45) is 0 Å². The standard InChI is InChI=1S/C15H24N2O/c1-3-12-10-13(7-8-15(12)18-2)17-11-14-6-4-5-9-16-14/h7-8,10,14,16-17H,3-6,9,11H2,1-2H3. The van der Waals surface area contributed by atoms with E-state index >= 15 is 0 Å². The minimum Gasteiger partial charge on any atom is -0.496 e. The zero-order valence-electron chi connectivity index (χ0n) is 11.5. The first kappa shape index (κ1) is 13.2. The molecule has 1 fully saturated rings. The lowest BCUT2D eigenvalue weighted by atomic mass is 10.0. The lowest BCUT2D eigenvalue weighted by molar-refractivity contribution is 0.409. The Labute approximate surface area is 110 Å². The Morgan fingerprint density at radius 1 is 1.39 bits per heavy atom. The Kier molecular flexibility index (Phi) is 4.88. The van der Waals surface area contributed by atoms with Crippen molar-refractivity contribution in [1.29, 1.82) is 0 Å². The monoisotopic (exact) mass is 248 g/mol. The number of hydrogen-bond acceptors (Lipinski definition) is 3. The Morgan fingerprint density at radius 3 is 2.94 bits per heavy atom. The maximum atomic E-state index is 5.35. The van der Waals surface area contributed by atoms with Crippen LogP contribution in [0.3, 0.4) is 0 Å². The number of hydrogen-bond donors (Lipinski definition) is 2. The molecule has 3 heteroatoms. The molecule has 3 nitrogen and oxygen atoms in total. The number of rotatable bonds is 5. The molecule has 0 spiro atoms. The number of nitrogens with one attached hydrogen (secondary N) is 2. The Hall–Kier alpha value is -1.22. The summed E-state index contributed by atoms with van der Waals surface area (Å²) >= 11 is 0. The van der Waals surface area contributed by atoms with Crippen LogP contribution in [0.2, 0.25) is 0 Å². The molecule has 0 bridgehead atoms. The fourth-order valence-electron chi connectivity index (χ4n) is 2.50. The van der Waals surface area contributed by atoms with Crippen LogP contribution < -0.4 is 15.4 Å². The molecule has 1 unspecified atom stereocenters. The average molecular weight is 248 g/mol. The fraction of sp³-hybridized carbons (Fsp3) is 0.600. The predicted molar refractivity (Wildman–Crippen MR) is 76.5 cm³/mol. The van der Waals surface area contributed by atoms with Gasteiger partial charge in [-0.15, -0.1) is 0 Å². The third-order valence-electron chi connectivity index (χ3n) is 3.63. The van der Waals surface area contributed by atoms with Crippen LogP contribution >= 0.6 is 0 Å². The highest BCUT2D eigenvalue weighted by Gasteiger charge is 2.12. The number of anilines is 1. The van der Waals surface area contributed by atoms with Crippen LogP contribution in [0.25, 0.3) is 0 Å². The van der Waals surface area contributed by atoms with Crippen LogP contribution in [0.4, 0.5) is 5.69 Å². The summed E-state index contributed by atoms with van der Waals surface area (Å²) in [7, 11) is 1.73. The SMILES string of the molecule is CCc1cc(NCC2CCCCN2)ccc1OC. The maximum absolute atomic E-state index is 5.35. The van der Waals surface area contributed by atoms with Gasteiger partial charge in [-0.1, -0.05) is 13.3 Å². The molecular formula is C15H24N2O. The topological polar surface area (TPSA) is 33.3 Å². The molecule has 1 saturated heterocycles. The molecule has 1 atom stereocenters. The minimum atomic E-state index is 0.617. The zero-order valence-corrected chi connectivity index (χ0v) is 11.5. The molecule has 0 saturated carbocycles. The molecule has 0 radical (unpaired) electrons. The van der Waals surface area contributed by atoms with Crippen molar-refractivity contribution in [2.45, 2.75) is 38.6 Å². The lowest BCUT2D eigenvalue weighted by Crippen LogP contribution is -2.39. The Balaban J connectivity index is 1.92. The maximum Gasteiger partial charge on any atom is 0.122 e. The van der Waals surface area contributed by atoms with Gasteiger partial charge >= 0.3 is 0 Å². The van der Waals surface area contributed by atoms with Crippen molar-refractivity contribution >= 4 is 5.69 Å². The van der Waals surface area contributed by atoms with E-state index in [1.165, 1.54) is 30.5 Å². The largest absolute Gasteiger partial charge is 0.496 e.